The Balaban J connectivity index is 2.10. The van der Waals surface area contributed by atoms with E-state index in [-0.39, 0.29) is 12.1 Å². The largest absolute Gasteiger partial charge is 0.398 e. The molecule has 5 heteroatoms. The Hall–Kier alpha value is -2.43. The minimum absolute atomic E-state index is 0.154. The van der Waals surface area contributed by atoms with Gasteiger partial charge in [-0.3, -0.25) is 4.79 Å². The van der Waals surface area contributed by atoms with E-state index >= 15 is 0 Å². The maximum atomic E-state index is 13.4. The quantitative estimate of drug-likeness (QED) is 0.835. The van der Waals surface area contributed by atoms with Gasteiger partial charge in [0.05, 0.1) is 5.56 Å². The molecule has 0 unspecified atom stereocenters. The van der Waals surface area contributed by atoms with Crippen molar-refractivity contribution in [1.29, 1.82) is 0 Å². The Morgan fingerprint density at radius 1 is 1.16 bits per heavy atom. The van der Waals surface area contributed by atoms with Gasteiger partial charge in [-0.25, -0.2) is 8.78 Å². The van der Waals surface area contributed by atoms with Gasteiger partial charge in [-0.2, -0.15) is 0 Å². The number of nitrogens with two attached hydrogens (primary N) is 1. The smallest absolute Gasteiger partial charge is 0.254 e. The van der Waals surface area contributed by atoms with Crippen molar-refractivity contribution in [2.75, 3.05) is 5.73 Å². The van der Waals surface area contributed by atoms with Gasteiger partial charge >= 0.3 is 0 Å². The Bertz CT molecular complexity index is 614. The third kappa shape index (κ3) is 3.07. The summed E-state index contributed by atoms with van der Waals surface area (Å²) in [7, 11) is 0. The number of hydrogen-bond acceptors (Lipinski definition) is 2. The Morgan fingerprint density at radius 2 is 1.89 bits per heavy atom. The van der Waals surface area contributed by atoms with Crippen LogP contribution in [0.4, 0.5) is 14.5 Å². The van der Waals surface area contributed by atoms with Crippen LogP contribution >= 0.6 is 0 Å². The highest BCUT2D eigenvalue weighted by atomic mass is 19.1. The number of anilines is 1. The van der Waals surface area contributed by atoms with Crippen LogP contribution in [0.1, 0.15) is 15.9 Å². The summed E-state index contributed by atoms with van der Waals surface area (Å²) in [5.74, 6) is -2.11. The first-order valence-corrected chi connectivity index (χ1v) is 5.64. The minimum Gasteiger partial charge on any atom is -0.398 e. The molecule has 0 spiro atoms. The summed E-state index contributed by atoms with van der Waals surface area (Å²) in [4.78, 5) is 11.7. The van der Waals surface area contributed by atoms with Crippen molar-refractivity contribution in [1.82, 2.24) is 5.32 Å². The topological polar surface area (TPSA) is 55.1 Å². The fourth-order valence-corrected chi connectivity index (χ4v) is 1.64. The molecule has 0 saturated heterocycles. The monoisotopic (exact) mass is 262 g/mol. The van der Waals surface area contributed by atoms with E-state index in [0.717, 1.165) is 18.2 Å². The molecule has 3 N–H and O–H groups in total. The van der Waals surface area contributed by atoms with E-state index in [1.54, 1.807) is 24.3 Å². The molecule has 0 radical (unpaired) electrons. The van der Waals surface area contributed by atoms with Gasteiger partial charge in [0, 0.05) is 12.2 Å². The maximum Gasteiger partial charge on any atom is 0.254 e. The number of carbonyl (C=O) groups excluding carboxylic acids is 1. The molecular formula is C14H12F2N2O. The predicted octanol–water partition coefficient (Wildman–Crippen LogP) is 2.48. The van der Waals surface area contributed by atoms with Gasteiger partial charge in [-0.1, -0.05) is 18.2 Å². The summed E-state index contributed by atoms with van der Waals surface area (Å²) >= 11 is 0. The van der Waals surface area contributed by atoms with Gasteiger partial charge in [0.1, 0.15) is 11.6 Å². The van der Waals surface area contributed by atoms with Crippen molar-refractivity contribution < 1.29 is 13.6 Å². The van der Waals surface area contributed by atoms with Crippen LogP contribution in [0.5, 0.6) is 0 Å². The molecule has 2 aromatic carbocycles. The van der Waals surface area contributed by atoms with Gasteiger partial charge in [-0.05, 0) is 29.8 Å². The first-order valence-electron chi connectivity index (χ1n) is 5.64. The SMILES string of the molecule is Nc1ccccc1CNC(=O)c1cc(F)ccc1F. The van der Waals surface area contributed by atoms with Crippen LogP contribution in [0.15, 0.2) is 42.5 Å². The molecule has 0 saturated carbocycles. The first-order chi connectivity index (χ1) is 9.08. The summed E-state index contributed by atoms with van der Waals surface area (Å²) in [5, 5.41) is 2.50. The van der Waals surface area contributed by atoms with E-state index in [1.165, 1.54) is 0 Å². The molecule has 98 valence electrons. The number of nitrogen functional groups attached to an aromatic ring is 1. The summed E-state index contributed by atoms with van der Waals surface area (Å²) in [6.45, 7) is 0.154. The van der Waals surface area contributed by atoms with Crippen LogP contribution in [0.25, 0.3) is 0 Å². The average Bonchev–Trinajstić information content (AvgIpc) is 2.40. The molecule has 3 nitrogen and oxygen atoms in total. The Labute approximate surface area is 109 Å². The number of nitrogens with one attached hydrogen (secondary N) is 1. The molecule has 0 heterocycles. The van der Waals surface area contributed by atoms with Gasteiger partial charge in [0.25, 0.3) is 5.91 Å². The lowest BCUT2D eigenvalue weighted by molar-refractivity contribution is 0.0946. The second kappa shape index (κ2) is 5.48. The van der Waals surface area contributed by atoms with Gasteiger partial charge in [-0.15, -0.1) is 0 Å². The number of amides is 1. The molecule has 0 fully saturated rings. The van der Waals surface area contributed by atoms with E-state index in [2.05, 4.69) is 5.32 Å². The molecule has 1 amide bonds. The molecule has 2 rings (SSSR count). The molecule has 0 aliphatic rings. The molecule has 0 aliphatic carbocycles. The number of carbonyl (C=O) groups is 1. The van der Waals surface area contributed by atoms with Crippen molar-refractivity contribution in [3.63, 3.8) is 0 Å². The zero-order valence-corrected chi connectivity index (χ0v) is 9.99. The van der Waals surface area contributed by atoms with Crippen LogP contribution < -0.4 is 11.1 Å². The van der Waals surface area contributed by atoms with Gasteiger partial charge in [0.15, 0.2) is 0 Å². The summed E-state index contributed by atoms with van der Waals surface area (Å²) in [5.41, 5.74) is 6.64. The fourth-order valence-electron chi connectivity index (χ4n) is 1.64. The maximum absolute atomic E-state index is 13.4. The third-order valence-electron chi connectivity index (χ3n) is 2.67. The standard InChI is InChI=1S/C14H12F2N2O/c15-10-5-6-12(16)11(7-10)14(19)18-8-9-3-1-2-4-13(9)17/h1-7H,8,17H2,(H,18,19). The average molecular weight is 262 g/mol. The molecule has 2 aromatic rings. The lowest BCUT2D eigenvalue weighted by Crippen LogP contribution is -2.24. The number of halogens is 2. The third-order valence-corrected chi connectivity index (χ3v) is 2.67. The fraction of sp³-hybridized carbons (Fsp3) is 0.0714. The van der Waals surface area contributed by atoms with Crippen LogP contribution in [0.3, 0.4) is 0 Å². The number of rotatable bonds is 3. The van der Waals surface area contributed by atoms with Crippen LogP contribution in [-0.2, 0) is 6.54 Å². The minimum atomic E-state index is -0.764. The molecule has 0 atom stereocenters. The Morgan fingerprint density at radius 3 is 2.63 bits per heavy atom. The lowest BCUT2D eigenvalue weighted by atomic mass is 10.1. The molecular weight excluding hydrogens is 250 g/mol. The highest BCUT2D eigenvalue weighted by Crippen LogP contribution is 2.12. The molecule has 19 heavy (non-hydrogen) atoms. The van der Waals surface area contributed by atoms with Crippen LogP contribution in [0.2, 0.25) is 0 Å². The van der Waals surface area contributed by atoms with Crippen LogP contribution in [0, 0.1) is 11.6 Å². The van der Waals surface area contributed by atoms with E-state index < -0.39 is 17.5 Å². The molecule has 0 aliphatic heterocycles. The number of hydrogen-bond donors (Lipinski definition) is 2. The number of benzene rings is 2. The van der Waals surface area contributed by atoms with Gasteiger partial charge < -0.3 is 11.1 Å². The van der Waals surface area contributed by atoms with Crippen LogP contribution in [-0.4, -0.2) is 5.91 Å². The summed E-state index contributed by atoms with van der Waals surface area (Å²) in [6.07, 6.45) is 0. The van der Waals surface area contributed by atoms with Crippen molar-refractivity contribution in [2.45, 2.75) is 6.54 Å². The zero-order chi connectivity index (χ0) is 13.8. The molecule has 0 bridgehead atoms. The summed E-state index contributed by atoms with van der Waals surface area (Å²) in [6, 6.07) is 9.73. The molecule has 0 aromatic heterocycles. The van der Waals surface area contributed by atoms with E-state index in [0.29, 0.717) is 11.3 Å². The summed E-state index contributed by atoms with van der Waals surface area (Å²) < 4.78 is 26.3. The van der Waals surface area contributed by atoms with E-state index in [4.69, 9.17) is 5.73 Å². The Kier molecular flexibility index (Phi) is 3.75. The van der Waals surface area contributed by atoms with Crippen molar-refractivity contribution >= 4 is 11.6 Å². The second-order valence-corrected chi connectivity index (χ2v) is 4.01. The predicted molar refractivity (Wildman–Crippen MR) is 68.4 cm³/mol. The lowest BCUT2D eigenvalue weighted by Gasteiger charge is -2.08. The normalized spacial score (nSPS) is 10.2. The van der Waals surface area contributed by atoms with Gasteiger partial charge in [0.2, 0.25) is 0 Å². The number of para-hydroxylation sites is 1. The second-order valence-electron chi connectivity index (χ2n) is 4.01. The zero-order valence-electron chi connectivity index (χ0n) is 9.99. The van der Waals surface area contributed by atoms with Crippen molar-refractivity contribution in [2.24, 2.45) is 0 Å². The van der Waals surface area contributed by atoms with Crippen molar-refractivity contribution in [3.8, 4) is 0 Å². The van der Waals surface area contributed by atoms with E-state index in [1.807, 2.05) is 0 Å². The highest BCUT2D eigenvalue weighted by molar-refractivity contribution is 5.94. The highest BCUT2D eigenvalue weighted by Gasteiger charge is 2.12. The first kappa shape index (κ1) is 13.0. The van der Waals surface area contributed by atoms with Crippen molar-refractivity contribution in [3.05, 3.63) is 65.2 Å². The van der Waals surface area contributed by atoms with E-state index in [9.17, 15) is 13.6 Å².